The molecule has 3 rings (SSSR count). The van der Waals surface area contributed by atoms with E-state index in [1.165, 1.54) is 12.1 Å². The highest BCUT2D eigenvalue weighted by atomic mass is 19.1. The Kier molecular flexibility index (Phi) is 4.27. The zero-order chi connectivity index (χ0) is 16.4. The van der Waals surface area contributed by atoms with Crippen molar-refractivity contribution in [1.82, 2.24) is 19.9 Å². The van der Waals surface area contributed by atoms with Crippen molar-refractivity contribution in [1.29, 1.82) is 0 Å². The molecule has 0 saturated carbocycles. The Morgan fingerprint density at radius 2 is 2.04 bits per heavy atom. The van der Waals surface area contributed by atoms with E-state index in [2.05, 4.69) is 10.1 Å². The molecule has 0 bridgehead atoms. The van der Waals surface area contributed by atoms with Crippen LogP contribution in [0.2, 0.25) is 0 Å². The first-order valence-electron chi connectivity index (χ1n) is 7.63. The van der Waals surface area contributed by atoms with Crippen molar-refractivity contribution in [2.75, 3.05) is 20.6 Å². The number of carbonyl (C=O) groups excluding carboxylic acids is 1. The number of benzene rings is 1. The third-order valence-electron chi connectivity index (χ3n) is 3.96. The number of likely N-dealkylation sites (tertiary alicyclic amines) is 1. The van der Waals surface area contributed by atoms with Crippen molar-refractivity contribution < 1.29 is 13.7 Å². The number of hydrogen-bond acceptors (Lipinski definition) is 4. The maximum Gasteiger partial charge on any atom is 0.320 e. The number of aromatic nitrogens is 2. The highest BCUT2D eigenvalue weighted by Crippen LogP contribution is 2.31. The van der Waals surface area contributed by atoms with Crippen LogP contribution in [0.1, 0.15) is 31.2 Å². The SMILES string of the molecule is CN(C)C(=O)N1CCCCC1c1nc(-c2ccc(F)cc2)no1. The molecule has 1 saturated heterocycles. The van der Waals surface area contributed by atoms with Crippen LogP contribution < -0.4 is 0 Å². The molecule has 1 aliphatic heterocycles. The molecule has 1 aromatic carbocycles. The van der Waals surface area contributed by atoms with Gasteiger partial charge in [-0.2, -0.15) is 4.98 Å². The second-order valence-corrected chi connectivity index (χ2v) is 5.85. The second-order valence-electron chi connectivity index (χ2n) is 5.85. The quantitative estimate of drug-likeness (QED) is 0.853. The van der Waals surface area contributed by atoms with E-state index in [-0.39, 0.29) is 17.9 Å². The van der Waals surface area contributed by atoms with Crippen molar-refractivity contribution in [3.63, 3.8) is 0 Å². The molecular weight excluding hydrogens is 299 g/mol. The van der Waals surface area contributed by atoms with Crippen LogP contribution >= 0.6 is 0 Å². The minimum atomic E-state index is -0.312. The van der Waals surface area contributed by atoms with E-state index in [9.17, 15) is 9.18 Å². The van der Waals surface area contributed by atoms with Crippen LogP contribution in [0.3, 0.4) is 0 Å². The predicted molar refractivity (Wildman–Crippen MR) is 82.1 cm³/mol. The third kappa shape index (κ3) is 3.18. The maximum absolute atomic E-state index is 13.0. The summed E-state index contributed by atoms with van der Waals surface area (Å²) in [6.07, 6.45) is 2.77. The van der Waals surface area contributed by atoms with Crippen LogP contribution in [0.25, 0.3) is 11.4 Å². The molecule has 0 aliphatic carbocycles. The van der Waals surface area contributed by atoms with E-state index in [0.29, 0.717) is 23.8 Å². The van der Waals surface area contributed by atoms with Crippen LogP contribution in [-0.4, -0.2) is 46.6 Å². The molecule has 122 valence electrons. The molecule has 6 nitrogen and oxygen atoms in total. The summed E-state index contributed by atoms with van der Waals surface area (Å²) in [7, 11) is 3.46. The Labute approximate surface area is 133 Å². The van der Waals surface area contributed by atoms with Crippen molar-refractivity contribution >= 4 is 6.03 Å². The highest BCUT2D eigenvalue weighted by Gasteiger charge is 2.33. The molecule has 2 aromatic rings. The summed E-state index contributed by atoms with van der Waals surface area (Å²) in [5.74, 6) is 0.523. The zero-order valence-corrected chi connectivity index (χ0v) is 13.2. The normalized spacial score (nSPS) is 18.0. The zero-order valence-electron chi connectivity index (χ0n) is 13.2. The fourth-order valence-electron chi connectivity index (χ4n) is 2.76. The molecule has 2 amide bonds. The Balaban J connectivity index is 1.85. The van der Waals surface area contributed by atoms with Gasteiger partial charge < -0.3 is 14.3 Å². The summed E-state index contributed by atoms with van der Waals surface area (Å²) in [5.41, 5.74) is 0.683. The van der Waals surface area contributed by atoms with Gasteiger partial charge in [0.25, 0.3) is 0 Å². The summed E-state index contributed by atoms with van der Waals surface area (Å²) in [4.78, 5) is 20.0. The third-order valence-corrected chi connectivity index (χ3v) is 3.96. The van der Waals surface area contributed by atoms with Gasteiger partial charge in [0.1, 0.15) is 11.9 Å². The lowest BCUT2D eigenvalue weighted by atomic mass is 10.0. The van der Waals surface area contributed by atoms with Crippen molar-refractivity contribution in [3.05, 3.63) is 36.0 Å². The Hall–Kier alpha value is -2.44. The van der Waals surface area contributed by atoms with Gasteiger partial charge in [-0.3, -0.25) is 0 Å². The number of rotatable bonds is 2. The molecule has 1 aromatic heterocycles. The van der Waals surface area contributed by atoms with Gasteiger partial charge in [0.05, 0.1) is 0 Å². The van der Waals surface area contributed by atoms with Crippen LogP contribution in [0.5, 0.6) is 0 Å². The Morgan fingerprint density at radius 3 is 2.74 bits per heavy atom. The van der Waals surface area contributed by atoms with Gasteiger partial charge in [0.2, 0.25) is 11.7 Å². The number of amides is 2. The summed E-state index contributed by atoms with van der Waals surface area (Å²) in [5, 5.41) is 3.97. The average Bonchev–Trinajstić information content (AvgIpc) is 3.04. The molecule has 23 heavy (non-hydrogen) atoms. The monoisotopic (exact) mass is 318 g/mol. The van der Waals surface area contributed by atoms with E-state index < -0.39 is 0 Å². The summed E-state index contributed by atoms with van der Waals surface area (Å²) in [6.45, 7) is 0.677. The molecule has 2 heterocycles. The molecule has 0 spiro atoms. The number of urea groups is 1. The van der Waals surface area contributed by atoms with E-state index in [1.807, 2.05) is 0 Å². The molecule has 1 unspecified atom stereocenters. The Bertz CT molecular complexity index is 684. The second kappa shape index (κ2) is 6.36. The van der Waals surface area contributed by atoms with Gasteiger partial charge in [0, 0.05) is 26.2 Å². The van der Waals surface area contributed by atoms with Gasteiger partial charge >= 0.3 is 6.03 Å². The minimum absolute atomic E-state index is 0.0590. The van der Waals surface area contributed by atoms with E-state index in [0.717, 1.165) is 19.3 Å². The highest BCUT2D eigenvalue weighted by molar-refractivity contribution is 5.74. The first-order valence-corrected chi connectivity index (χ1v) is 7.63. The lowest BCUT2D eigenvalue weighted by molar-refractivity contribution is 0.113. The van der Waals surface area contributed by atoms with E-state index in [4.69, 9.17) is 4.52 Å². The summed E-state index contributed by atoms with van der Waals surface area (Å²) in [6, 6.07) is 5.65. The fourth-order valence-corrected chi connectivity index (χ4v) is 2.76. The van der Waals surface area contributed by atoms with Crippen LogP contribution in [0.4, 0.5) is 9.18 Å². The molecule has 7 heteroatoms. The van der Waals surface area contributed by atoms with Crippen LogP contribution in [0.15, 0.2) is 28.8 Å². The molecular formula is C16H19FN4O2. The number of halogens is 1. The largest absolute Gasteiger partial charge is 0.337 e. The van der Waals surface area contributed by atoms with Crippen LogP contribution in [0, 0.1) is 5.82 Å². The molecule has 1 atom stereocenters. The molecule has 0 radical (unpaired) electrons. The molecule has 1 fully saturated rings. The fraction of sp³-hybridized carbons (Fsp3) is 0.438. The lowest BCUT2D eigenvalue weighted by Gasteiger charge is -2.35. The predicted octanol–water partition coefficient (Wildman–Crippen LogP) is 3.08. The van der Waals surface area contributed by atoms with Gasteiger partial charge in [-0.1, -0.05) is 5.16 Å². The first-order chi connectivity index (χ1) is 11.1. The van der Waals surface area contributed by atoms with Gasteiger partial charge in [-0.05, 0) is 43.5 Å². The van der Waals surface area contributed by atoms with Gasteiger partial charge in [-0.15, -0.1) is 0 Å². The first kappa shape index (κ1) is 15.5. The number of piperidine rings is 1. The number of hydrogen-bond donors (Lipinski definition) is 0. The number of carbonyl (C=O) groups is 1. The van der Waals surface area contributed by atoms with E-state index >= 15 is 0 Å². The van der Waals surface area contributed by atoms with Crippen molar-refractivity contribution in [2.45, 2.75) is 25.3 Å². The smallest absolute Gasteiger partial charge is 0.320 e. The minimum Gasteiger partial charge on any atom is -0.337 e. The van der Waals surface area contributed by atoms with Crippen molar-refractivity contribution in [2.24, 2.45) is 0 Å². The number of nitrogens with zero attached hydrogens (tertiary/aromatic N) is 4. The van der Waals surface area contributed by atoms with Crippen molar-refractivity contribution in [3.8, 4) is 11.4 Å². The summed E-state index contributed by atoms with van der Waals surface area (Å²) < 4.78 is 18.4. The Morgan fingerprint density at radius 1 is 1.30 bits per heavy atom. The standard InChI is InChI=1S/C16H19FN4O2/c1-20(2)16(22)21-10-4-3-5-13(21)15-18-14(19-23-15)11-6-8-12(17)9-7-11/h6-9,13H,3-5,10H2,1-2H3. The topological polar surface area (TPSA) is 62.5 Å². The average molecular weight is 318 g/mol. The van der Waals surface area contributed by atoms with Gasteiger partial charge in [0.15, 0.2) is 0 Å². The molecule has 0 N–H and O–H groups in total. The molecule has 1 aliphatic rings. The maximum atomic E-state index is 13.0. The van der Waals surface area contributed by atoms with Gasteiger partial charge in [-0.25, -0.2) is 9.18 Å². The van der Waals surface area contributed by atoms with Crippen LogP contribution in [-0.2, 0) is 0 Å². The summed E-state index contributed by atoms with van der Waals surface area (Å²) >= 11 is 0. The van der Waals surface area contributed by atoms with E-state index in [1.54, 1.807) is 36.0 Å². The lowest BCUT2D eigenvalue weighted by Crippen LogP contribution is -2.44.